The molecule has 10 heteroatoms. The SMILES string of the molecule is CN1CCN(S(=O)(=O)c2ccc(N3CCc4sccc4C3)c([N+](=O)[O-])c2)CC1. The topological polar surface area (TPSA) is 87.0 Å². The zero-order valence-corrected chi connectivity index (χ0v) is 17.2. The fraction of sp³-hybridized carbons (Fsp3) is 0.444. The number of likely N-dealkylation sites (N-methyl/N-ethyl adjacent to an activating group) is 1. The molecule has 1 saturated heterocycles. The highest BCUT2D eigenvalue weighted by atomic mass is 32.2. The Morgan fingerprint density at radius 1 is 1.11 bits per heavy atom. The maximum Gasteiger partial charge on any atom is 0.293 e. The second-order valence-electron chi connectivity index (χ2n) is 7.16. The number of hydrogen-bond acceptors (Lipinski definition) is 7. The Hall–Kier alpha value is -2.01. The summed E-state index contributed by atoms with van der Waals surface area (Å²) in [6, 6.07) is 6.34. The van der Waals surface area contributed by atoms with Crippen molar-refractivity contribution in [2.75, 3.05) is 44.7 Å². The average Bonchev–Trinajstić information content (AvgIpc) is 3.15. The molecule has 0 amide bonds. The molecule has 4 rings (SSSR count). The normalized spacial score (nSPS) is 18.8. The molecule has 8 nitrogen and oxygen atoms in total. The predicted molar refractivity (Wildman–Crippen MR) is 108 cm³/mol. The molecular formula is C18H22N4O4S2. The number of nitrogens with zero attached hydrogens (tertiary/aromatic N) is 4. The van der Waals surface area contributed by atoms with E-state index < -0.39 is 14.9 Å². The van der Waals surface area contributed by atoms with Crippen molar-refractivity contribution in [1.82, 2.24) is 9.21 Å². The molecule has 0 radical (unpaired) electrons. The molecule has 0 spiro atoms. The first-order chi connectivity index (χ1) is 13.4. The standard InChI is InChI=1S/C18H22N4O4S2/c1-19-7-9-21(10-8-19)28(25,26)15-2-3-16(17(12-15)22(23)24)20-6-4-18-14(13-20)5-11-27-18/h2-3,5,11-12H,4,6-10,13H2,1H3. The highest BCUT2D eigenvalue weighted by Crippen LogP contribution is 2.35. The third kappa shape index (κ3) is 3.52. The van der Waals surface area contributed by atoms with E-state index in [0.29, 0.717) is 45.0 Å². The van der Waals surface area contributed by atoms with Gasteiger partial charge in [0, 0.05) is 50.2 Å². The van der Waals surface area contributed by atoms with Crippen LogP contribution in [0.5, 0.6) is 0 Å². The van der Waals surface area contributed by atoms with Crippen LogP contribution in [-0.4, -0.2) is 62.3 Å². The van der Waals surface area contributed by atoms with Crippen molar-refractivity contribution < 1.29 is 13.3 Å². The summed E-state index contributed by atoms with van der Waals surface area (Å²) in [7, 11) is -1.80. The molecule has 0 N–H and O–H groups in total. The molecule has 0 bridgehead atoms. The molecule has 0 unspecified atom stereocenters. The van der Waals surface area contributed by atoms with Crippen LogP contribution in [0.3, 0.4) is 0 Å². The van der Waals surface area contributed by atoms with E-state index in [1.165, 1.54) is 26.9 Å². The molecule has 1 aromatic carbocycles. The van der Waals surface area contributed by atoms with Crippen molar-refractivity contribution >= 4 is 32.7 Å². The predicted octanol–water partition coefficient (Wildman–Crippen LogP) is 2.16. The monoisotopic (exact) mass is 422 g/mol. The van der Waals surface area contributed by atoms with Crippen molar-refractivity contribution in [2.45, 2.75) is 17.9 Å². The van der Waals surface area contributed by atoms with E-state index in [9.17, 15) is 18.5 Å². The van der Waals surface area contributed by atoms with Crippen LogP contribution in [0.15, 0.2) is 34.5 Å². The molecule has 3 heterocycles. The lowest BCUT2D eigenvalue weighted by molar-refractivity contribution is -0.384. The van der Waals surface area contributed by atoms with Crippen LogP contribution in [0.1, 0.15) is 10.4 Å². The van der Waals surface area contributed by atoms with Gasteiger partial charge >= 0.3 is 0 Å². The van der Waals surface area contributed by atoms with Crippen LogP contribution in [-0.2, 0) is 23.0 Å². The van der Waals surface area contributed by atoms with Crippen molar-refractivity contribution in [3.63, 3.8) is 0 Å². The molecule has 1 fully saturated rings. The molecule has 0 saturated carbocycles. The van der Waals surface area contributed by atoms with Crippen LogP contribution >= 0.6 is 11.3 Å². The quantitative estimate of drug-likeness (QED) is 0.554. The number of anilines is 1. The molecule has 0 atom stereocenters. The van der Waals surface area contributed by atoms with Gasteiger partial charge in [-0.25, -0.2) is 8.42 Å². The molecule has 0 aliphatic carbocycles. The van der Waals surface area contributed by atoms with Gasteiger partial charge in [-0.2, -0.15) is 4.31 Å². The highest BCUT2D eigenvalue weighted by Gasteiger charge is 2.31. The van der Waals surface area contributed by atoms with Crippen molar-refractivity contribution in [2.24, 2.45) is 0 Å². The summed E-state index contributed by atoms with van der Waals surface area (Å²) >= 11 is 1.71. The second-order valence-corrected chi connectivity index (χ2v) is 10.1. The Kier molecular flexibility index (Phi) is 5.13. The Labute approximate surface area is 168 Å². The third-order valence-electron chi connectivity index (χ3n) is 5.39. The lowest BCUT2D eigenvalue weighted by Crippen LogP contribution is -2.47. The van der Waals surface area contributed by atoms with Gasteiger partial charge in [-0.05, 0) is 42.6 Å². The maximum absolute atomic E-state index is 13.0. The van der Waals surface area contributed by atoms with E-state index in [0.717, 1.165) is 6.42 Å². The van der Waals surface area contributed by atoms with Gasteiger partial charge in [0.25, 0.3) is 5.69 Å². The maximum atomic E-state index is 13.0. The van der Waals surface area contributed by atoms with E-state index >= 15 is 0 Å². The zero-order chi connectivity index (χ0) is 19.9. The first-order valence-corrected chi connectivity index (χ1v) is 11.5. The summed E-state index contributed by atoms with van der Waals surface area (Å²) < 4.78 is 27.3. The van der Waals surface area contributed by atoms with Crippen molar-refractivity contribution in [1.29, 1.82) is 0 Å². The smallest absolute Gasteiger partial charge is 0.293 e. The average molecular weight is 423 g/mol. The number of nitro benzene ring substituents is 1. The van der Waals surface area contributed by atoms with Crippen molar-refractivity contribution in [3.05, 3.63) is 50.2 Å². The van der Waals surface area contributed by atoms with Crippen LogP contribution in [0, 0.1) is 10.1 Å². The number of nitro groups is 1. The minimum atomic E-state index is -3.74. The molecule has 1 aromatic heterocycles. The first-order valence-electron chi connectivity index (χ1n) is 9.13. The number of sulfonamides is 1. The Bertz CT molecular complexity index is 997. The van der Waals surface area contributed by atoms with Crippen molar-refractivity contribution in [3.8, 4) is 0 Å². The number of thiophene rings is 1. The second kappa shape index (κ2) is 7.43. The molecular weight excluding hydrogens is 400 g/mol. The lowest BCUT2D eigenvalue weighted by atomic mass is 10.1. The van der Waals surface area contributed by atoms with Crippen LogP contribution in [0.25, 0.3) is 0 Å². The molecule has 150 valence electrons. The molecule has 2 aliphatic rings. The van der Waals surface area contributed by atoms with E-state index in [-0.39, 0.29) is 10.6 Å². The van der Waals surface area contributed by atoms with E-state index in [4.69, 9.17) is 0 Å². The summed E-state index contributed by atoms with van der Waals surface area (Å²) in [5, 5.41) is 13.8. The largest absolute Gasteiger partial charge is 0.361 e. The van der Waals surface area contributed by atoms with Gasteiger partial charge in [-0.3, -0.25) is 10.1 Å². The minimum Gasteiger partial charge on any atom is -0.361 e. The van der Waals surface area contributed by atoms with E-state index in [1.54, 1.807) is 17.4 Å². The van der Waals surface area contributed by atoms with Gasteiger partial charge in [0.05, 0.1) is 9.82 Å². The summed E-state index contributed by atoms with van der Waals surface area (Å²) in [5.74, 6) is 0. The third-order valence-corrected chi connectivity index (χ3v) is 8.31. The number of rotatable bonds is 4. The van der Waals surface area contributed by atoms with Gasteiger partial charge in [0.2, 0.25) is 10.0 Å². The van der Waals surface area contributed by atoms with Gasteiger partial charge in [0.15, 0.2) is 0 Å². The Morgan fingerprint density at radius 3 is 2.57 bits per heavy atom. The number of fused-ring (bicyclic) bond motifs is 1. The fourth-order valence-corrected chi connectivity index (χ4v) is 6.04. The Balaban J connectivity index is 1.65. The number of piperazine rings is 1. The molecule has 2 aliphatic heterocycles. The van der Waals surface area contributed by atoms with Gasteiger partial charge in [-0.1, -0.05) is 0 Å². The van der Waals surface area contributed by atoms with Gasteiger partial charge < -0.3 is 9.80 Å². The highest BCUT2D eigenvalue weighted by molar-refractivity contribution is 7.89. The number of benzene rings is 1. The summed E-state index contributed by atoms with van der Waals surface area (Å²) in [5.41, 5.74) is 1.49. The van der Waals surface area contributed by atoms with E-state index in [2.05, 4.69) is 4.90 Å². The van der Waals surface area contributed by atoms with Gasteiger partial charge in [-0.15, -0.1) is 11.3 Å². The fourth-order valence-electron chi connectivity index (χ4n) is 3.71. The van der Waals surface area contributed by atoms with Crippen LogP contribution < -0.4 is 4.90 Å². The molecule has 28 heavy (non-hydrogen) atoms. The lowest BCUT2D eigenvalue weighted by Gasteiger charge is -2.32. The number of hydrogen-bond donors (Lipinski definition) is 0. The van der Waals surface area contributed by atoms with E-state index in [1.807, 2.05) is 23.4 Å². The summed E-state index contributed by atoms with van der Waals surface area (Å²) in [6.45, 7) is 3.36. The summed E-state index contributed by atoms with van der Waals surface area (Å²) in [4.78, 5) is 16.6. The van der Waals surface area contributed by atoms with Gasteiger partial charge in [0.1, 0.15) is 5.69 Å². The minimum absolute atomic E-state index is 0.0132. The first kappa shape index (κ1) is 19.3. The molecule has 2 aromatic rings. The van der Waals surface area contributed by atoms with Crippen LogP contribution in [0.4, 0.5) is 11.4 Å². The Morgan fingerprint density at radius 2 is 1.86 bits per heavy atom. The zero-order valence-electron chi connectivity index (χ0n) is 15.6. The van der Waals surface area contributed by atoms with Crippen LogP contribution in [0.2, 0.25) is 0 Å². The summed E-state index contributed by atoms with van der Waals surface area (Å²) in [6.07, 6.45) is 0.839.